The standard InChI is InChI=1S/C11H13BrN2O2/c1-4-14-9-7(5-6-8(12)13-9)16-11(2,3)10(14)15/h5-6H,4H2,1-3H3. The number of ether oxygens (including phenoxy) is 1. The molecule has 0 aliphatic carbocycles. The normalized spacial score (nSPS) is 18.0. The van der Waals surface area contributed by atoms with Crippen LogP contribution in [0.15, 0.2) is 16.7 Å². The van der Waals surface area contributed by atoms with Crippen LogP contribution in [0.3, 0.4) is 0 Å². The van der Waals surface area contributed by atoms with E-state index in [0.717, 1.165) is 0 Å². The third kappa shape index (κ3) is 1.69. The van der Waals surface area contributed by atoms with Gasteiger partial charge in [0.2, 0.25) is 0 Å². The molecule has 0 saturated carbocycles. The fourth-order valence-electron chi connectivity index (χ4n) is 1.72. The molecule has 0 saturated heterocycles. The number of amides is 1. The van der Waals surface area contributed by atoms with E-state index in [-0.39, 0.29) is 5.91 Å². The minimum absolute atomic E-state index is 0.0619. The van der Waals surface area contributed by atoms with Crippen LogP contribution in [0, 0.1) is 0 Å². The summed E-state index contributed by atoms with van der Waals surface area (Å²) in [5, 5.41) is 0. The number of carbonyl (C=O) groups excluding carboxylic acids is 1. The zero-order chi connectivity index (χ0) is 11.9. The van der Waals surface area contributed by atoms with E-state index < -0.39 is 5.60 Å². The number of likely N-dealkylation sites (N-methyl/N-ethyl adjacent to an activating group) is 1. The van der Waals surface area contributed by atoms with Gasteiger partial charge in [0.1, 0.15) is 4.60 Å². The van der Waals surface area contributed by atoms with Crippen molar-refractivity contribution in [2.24, 2.45) is 0 Å². The van der Waals surface area contributed by atoms with E-state index in [0.29, 0.717) is 22.7 Å². The Morgan fingerprint density at radius 3 is 2.81 bits per heavy atom. The molecule has 1 aliphatic rings. The summed E-state index contributed by atoms with van der Waals surface area (Å²) in [5.41, 5.74) is -0.821. The van der Waals surface area contributed by atoms with Gasteiger partial charge < -0.3 is 4.74 Å². The fourth-order valence-corrected chi connectivity index (χ4v) is 2.02. The van der Waals surface area contributed by atoms with Crippen molar-refractivity contribution in [1.82, 2.24) is 4.98 Å². The molecule has 86 valence electrons. The van der Waals surface area contributed by atoms with Crippen LogP contribution >= 0.6 is 15.9 Å². The molecule has 1 aromatic rings. The second-order valence-corrected chi connectivity index (χ2v) is 4.93. The van der Waals surface area contributed by atoms with Crippen molar-refractivity contribution in [3.63, 3.8) is 0 Å². The minimum atomic E-state index is -0.821. The lowest BCUT2D eigenvalue weighted by atomic mass is 10.1. The predicted molar refractivity (Wildman–Crippen MR) is 64.7 cm³/mol. The highest BCUT2D eigenvalue weighted by molar-refractivity contribution is 9.10. The average Bonchev–Trinajstić information content (AvgIpc) is 2.21. The van der Waals surface area contributed by atoms with Crippen LogP contribution in [0.1, 0.15) is 20.8 Å². The molecule has 0 unspecified atom stereocenters. The van der Waals surface area contributed by atoms with Crippen molar-refractivity contribution < 1.29 is 9.53 Å². The molecule has 0 atom stereocenters. The largest absolute Gasteiger partial charge is 0.474 e. The number of fused-ring (bicyclic) bond motifs is 1. The lowest BCUT2D eigenvalue weighted by molar-refractivity contribution is -0.132. The van der Waals surface area contributed by atoms with E-state index in [9.17, 15) is 4.79 Å². The van der Waals surface area contributed by atoms with Gasteiger partial charge in [-0.15, -0.1) is 0 Å². The van der Waals surface area contributed by atoms with Gasteiger partial charge in [-0.25, -0.2) is 4.98 Å². The molecule has 0 N–H and O–H groups in total. The molecule has 2 heterocycles. The van der Waals surface area contributed by atoms with Crippen molar-refractivity contribution in [1.29, 1.82) is 0 Å². The summed E-state index contributed by atoms with van der Waals surface area (Å²) in [5.74, 6) is 1.17. The molecule has 1 aromatic heterocycles. The summed E-state index contributed by atoms with van der Waals surface area (Å²) in [6, 6.07) is 3.63. The molecule has 0 aromatic carbocycles. The Hall–Kier alpha value is -1.10. The molecule has 2 rings (SSSR count). The maximum absolute atomic E-state index is 12.1. The molecule has 0 bridgehead atoms. The molecule has 0 fully saturated rings. The van der Waals surface area contributed by atoms with Crippen LogP contribution in [0.2, 0.25) is 0 Å². The Morgan fingerprint density at radius 2 is 2.19 bits per heavy atom. The Balaban J connectivity index is 2.56. The number of aromatic nitrogens is 1. The highest BCUT2D eigenvalue weighted by Gasteiger charge is 2.41. The zero-order valence-corrected chi connectivity index (χ0v) is 11.0. The molecule has 1 aliphatic heterocycles. The maximum atomic E-state index is 12.1. The number of hydrogen-bond acceptors (Lipinski definition) is 3. The van der Waals surface area contributed by atoms with Gasteiger partial charge in [-0.1, -0.05) is 0 Å². The maximum Gasteiger partial charge on any atom is 0.271 e. The zero-order valence-electron chi connectivity index (χ0n) is 9.45. The SMILES string of the molecule is CCN1C(=O)C(C)(C)Oc2ccc(Br)nc21. The molecule has 0 spiro atoms. The van der Waals surface area contributed by atoms with Gasteiger partial charge in [-0.3, -0.25) is 9.69 Å². The van der Waals surface area contributed by atoms with Gasteiger partial charge in [-0.05, 0) is 48.8 Å². The van der Waals surface area contributed by atoms with Gasteiger partial charge in [0, 0.05) is 6.54 Å². The summed E-state index contributed by atoms with van der Waals surface area (Å²) in [6.45, 7) is 6.04. The van der Waals surface area contributed by atoms with Crippen LogP contribution in [0.4, 0.5) is 5.82 Å². The van der Waals surface area contributed by atoms with Crippen LogP contribution in [-0.2, 0) is 4.79 Å². The Kier molecular flexibility index (Phi) is 2.66. The minimum Gasteiger partial charge on any atom is -0.474 e. The van der Waals surface area contributed by atoms with Crippen LogP contribution < -0.4 is 9.64 Å². The van der Waals surface area contributed by atoms with Crippen LogP contribution in [0.5, 0.6) is 5.75 Å². The lowest BCUT2D eigenvalue weighted by Crippen LogP contribution is -2.52. The molecular formula is C11H13BrN2O2. The second kappa shape index (κ2) is 3.73. The molecule has 16 heavy (non-hydrogen) atoms. The van der Waals surface area contributed by atoms with E-state index in [1.54, 1.807) is 24.8 Å². The predicted octanol–water partition coefficient (Wildman–Crippen LogP) is 2.37. The van der Waals surface area contributed by atoms with Crippen molar-refractivity contribution in [3.8, 4) is 5.75 Å². The highest BCUT2D eigenvalue weighted by atomic mass is 79.9. The summed E-state index contributed by atoms with van der Waals surface area (Å²) >= 11 is 3.29. The lowest BCUT2D eigenvalue weighted by Gasteiger charge is -2.37. The molecule has 4 nitrogen and oxygen atoms in total. The molecule has 0 radical (unpaired) electrons. The van der Waals surface area contributed by atoms with Crippen molar-refractivity contribution in [2.75, 3.05) is 11.4 Å². The Labute approximate surface area is 103 Å². The summed E-state index contributed by atoms with van der Waals surface area (Å²) in [7, 11) is 0. The third-order valence-corrected chi connectivity index (χ3v) is 2.94. The number of carbonyl (C=O) groups is 1. The number of halogens is 1. The monoisotopic (exact) mass is 284 g/mol. The smallest absolute Gasteiger partial charge is 0.271 e. The number of nitrogens with zero attached hydrogens (tertiary/aromatic N) is 2. The number of anilines is 1. The molecule has 1 amide bonds. The molecular weight excluding hydrogens is 272 g/mol. The van der Waals surface area contributed by atoms with Crippen LogP contribution in [0.25, 0.3) is 0 Å². The van der Waals surface area contributed by atoms with E-state index >= 15 is 0 Å². The van der Waals surface area contributed by atoms with Gasteiger partial charge in [0.25, 0.3) is 5.91 Å². The first-order valence-electron chi connectivity index (χ1n) is 5.13. The molecule has 5 heteroatoms. The van der Waals surface area contributed by atoms with E-state index in [4.69, 9.17) is 4.74 Å². The highest BCUT2D eigenvalue weighted by Crippen LogP contribution is 2.36. The van der Waals surface area contributed by atoms with Gasteiger partial charge in [-0.2, -0.15) is 0 Å². The van der Waals surface area contributed by atoms with Crippen molar-refractivity contribution >= 4 is 27.7 Å². The summed E-state index contributed by atoms with van der Waals surface area (Å²) < 4.78 is 6.34. The quantitative estimate of drug-likeness (QED) is 0.744. The fraction of sp³-hybridized carbons (Fsp3) is 0.455. The number of rotatable bonds is 1. The van der Waals surface area contributed by atoms with Crippen molar-refractivity contribution in [3.05, 3.63) is 16.7 Å². The first-order chi connectivity index (χ1) is 7.45. The van der Waals surface area contributed by atoms with Crippen molar-refractivity contribution in [2.45, 2.75) is 26.4 Å². The summed E-state index contributed by atoms with van der Waals surface area (Å²) in [4.78, 5) is 18.0. The first-order valence-corrected chi connectivity index (χ1v) is 5.92. The van der Waals surface area contributed by atoms with Gasteiger partial charge in [0.05, 0.1) is 0 Å². The second-order valence-electron chi connectivity index (χ2n) is 4.12. The topological polar surface area (TPSA) is 42.4 Å². The van der Waals surface area contributed by atoms with Gasteiger partial charge >= 0.3 is 0 Å². The van der Waals surface area contributed by atoms with E-state index in [1.807, 2.05) is 13.0 Å². The van der Waals surface area contributed by atoms with E-state index in [1.165, 1.54) is 0 Å². The average molecular weight is 285 g/mol. The van der Waals surface area contributed by atoms with Gasteiger partial charge in [0.15, 0.2) is 17.2 Å². The Bertz CT molecular complexity index is 446. The van der Waals surface area contributed by atoms with Crippen LogP contribution in [-0.4, -0.2) is 23.0 Å². The third-order valence-electron chi connectivity index (χ3n) is 2.50. The Morgan fingerprint density at radius 1 is 1.50 bits per heavy atom. The number of hydrogen-bond donors (Lipinski definition) is 0. The summed E-state index contributed by atoms with van der Waals surface area (Å²) in [6.07, 6.45) is 0. The number of pyridine rings is 1. The van der Waals surface area contributed by atoms with E-state index in [2.05, 4.69) is 20.9 Å². The first kappa shape index (κ1) is 11.4.